The second-order valence-electron chi connectivity index (χ2n) is 8.51. The highest BCUT2D eigenvalue weighted by molar-refractivity contribution is 6.25. The molecule has 0 aliphatic rings. The van der Waals surface area contributed by atoms with Gasteiger partial charge >= 0.3 is 0 Å². The monoisotopic (exact) mass is 454 g/mol. The van der Waals surface area contributed by atoms with Gasteiger partial charge in [0.2, 0.25) is 0 Å². The van der Waals surface area contributed by atoms with Crippen LogP contribution in [0.3, 0.4) is 0 Å². The summed E-state index contributed by atoms with van der Waals surface area (Å²) in [6.45, 7) is 5.67. The second-order valence-corrected chi connectivity index (χ2v) is 8.51. The van der Waals surface area contributed by atoms with Crippen LogP contribution >= 0.6 is 0 Å². The van der Waals surface area contributed by atoms with Crippen molar-refractivity contribution >= 4 is 53.9 Å². The zero-order valence-corrected chi connectivity index (χ0v) is 20.4. The average Bonchev–Trinajstić information content (AvgIpc) is 2.94. The summed E-state index contributed by atoms with van der Waals surface area (Å²) >= 11 is 0. The van der Waals surface area contributed by atoms with Gasteiger partial charge in [-0.25, -0.2) is 0 Å². The molecule has 6 rings (SSSR count). The minimum atomic E-state index is 0.844. The van der Waals surface area contributed by atoms with Gasteiger partial charge in [-0.3, -0.25) is 0 Å². The highest BCUT2D eigenvalue weighted by Crippen LogP contribution is 2.35. The van der Waals surface area contributed by atoms with Crippen LogP contribution in [0, 0.1) is 0 Å². The summed E-state index contributed by atoms with van der Waals surface area (Å²) in [4.78, 5) is 0. The molecule has 6 aromatic rings. The molecule has 0 saturated carbocycles. The van der Waals surface area contributed by atoms with Crippen molar-refractivity contribution < 1.29 is 4.74 Å². The van der Waals surface area contributed by atoms with Gasteiger partial charge in [-0.15, -0.1) is 0 Å². The van der Waals surface area contributed by atoms with Gasteiger partial charge in [0.1, 0.15) is 0 Å². The number of benzene rings is 5. The summed E-state index contributed by atoms with van der Waals surface area (Å²) in [7, 11) is 0. The van der Waals surface area contributed by atoms with Crippen molar-refractivity contribution in [2.24, 2.45) is 0 Å². The quantitative estimate of drug-likeness (QED) is 0.253. The first-order valence-electron chi connectivity index (χ1n) is 12.4. The van der Waals surface area contributed by atoms with Crippen LogP contribution in [0.2, 0.25) is 0 Å². The Morgan fingerprint density at radius 2 is 0.457 bits per heavy atom. The van der Waals surface area contributed by atoms with Crippen LogP contribution in [0.5, 0.6) is 0 Å². The Morgan fingerprint density at radius 1 is 0.314 bits per heavy atom. The van der Waals surface area contributed by atoms with Crippen molar-refractivity contribution in [1.82, 2.24) is 0 Å². The second kappa shape index (κ2) is 10.5. The summed E-state index contributed by atoms with van der Waals surface area (Å²) in [5.74, 6) is 0. The number of hydrogen-bond acceptors (Lipinski definition) is 1. The Hall–Kier alpha value is -3.94. The lowest BCUT2D eigenvalue weighted by atomic mass is 9.95. The maximum atomic E-state index is 4.83. The highest BCUT2D eigenvalue weighted by atomic mass is 16.5. The fourth-order valence-corrected chi connectivity index (χ4v) is 4.97. The predicted molar refractivity (Wildman–Crippen MR) is 154 cm³/mol. The van der Waals surface area contributed by atoms with E-state index in [9.17, 15) is 0 Å². The third kappa shape index (κ3) is 4.43. The number of fused-ring (bicyclic) bond motifs is 10. The van der Waals surface area contributed by atoms with Crippen molar-refractivity contribution in [3.05, 3.63) is 121 Å². The van der Waals surface area contributed by atoms with E-state index in [0.29, 0.717) is 0 Å². The molecular weight excluding hydrogens is 424 g/mol. The van der Waals surface area contributed by atoms with Gasteiger partial charge in [0.25, 0.3) is 0 Å². The van der Waals surface area contributed by atoms with Crippen LogP contribution in [0.4, 0.5) is 0 Å². The van der Waals surface area contributed by atoms with E-state index in [0.717, 1.165) is 13.2 Å². The normalized spacial score (nSPS) is 10.9. The molecule has 0 atom stereocenters. The molecular formula is C34H30O. The molecule has 0 unspecified atom stereocenters. The molecule has 172 valence electrons. The average molecular weight is 455 g/mol. The van der Waals surface area contributed by atoms with Crippen molar-refractivity contribution in [2.75, 3.05) is 13.2 Å². The van der Waals surface area contributed by atoms with Gasteiger partial charge in [-0.2, -0.15) is 0 Å². The molecule has 0 N–H and O–H groups in total. The van der Waals surface area contributed by atoms with Gasteiger partial charge in [-0.05, 0) is 67.7 Å². The van der Waals surface area contributed by atoms with E-state index in [4.69, 9.17) is 4.74 Å². The summed E-state index contributed by atoms with van der Waals surface area (Å²) in [6.07, 6.45) is 0. The molecule has 0 radical (unpaired) electrons. The lowest BCUT2D eigenvalue weighted by molar-refractivity contribution is 0.162. The lowest BCUT2D eigenvalue weighted by Gasteiger charge is -2.09. The van der Waals surface area contributed by atoms with E-state index in [1.54, 1.807) is 0 Å². The molecule has 35 heavy (non-hydrogen) atoms. The third-order valence-electron chi connectivity index (χ3n) is 6.49. The molecule has 1 nitrogen and oxygen atoms in total. The molecule has 0 aliphatic carbocycles. The van der Waals surface area contributed by atoms with E-state index >= 15 is 0 Å². The molecule has 1 heteroatoms. The summed E-state index contributed by atoms with van der Waals surface area (Å²) in [6, 6.07) is 43.9. The Balaban J connectivity index is 0.000000464. The third-order valence-corrected chi connectivity index (χ3v) is 6.49. The number of hydrogen-bond donors (Lipinski definition) is 0. The summed E-state index contributed by atoms with van der Waals surface area (Å²) in [5, 5.41) is 12.7. The first kappa shape index (κ1) is 22.8. The molecule has 0 saturated heterocycles. The van der Waals surface area contributed by atoms with E-state index in [2.05, 4.69) is 121 Å². The summed E-state index contributed by atoms with van der Waals surface area (Å²) in [5.41, 5.74) is 0. The number of rotatable bonds is 2. The van der Waals surface area contributed by atoms with Crippen LogP contribution in [0.15, 0.2) is 121 Å². The Kier molecular flexibility index (Phi) is 6.88. The van der Waals surface area contributed by atoms with Crippen LogP contribution in [-0.4, -0.2) is 13.2 Å². The minimum Gasteiger partial charge on any atom is -0.382 e. The molecule has 0 spiro atoms. The van der Waals surface area contributed by atoms with Gasteiger partial charge in [-0.1, -0.05) is 121 Å². The molecule has 0 aromatic heterocycles. The first-order chi connectivity index (χ1) is 17.3. The zero-order chi connectivity index (χ0) is 24.0. The maximum absolute atomic E-state index is 4.83. The van der Waals surface area contributed by atoms with Crippen LogP contribution in [0.1, 0.15) is 13.8 Å². The lowest BCUT2D eigenvalue weighted by Crippen LogP contribution is -1.84. The molecule has 0 bridgehead atoms. The Bertz CT molecular complexity index is 1230. The van der Waals surface area contributed by atoms with Crippen molar-refractivity contribution in [2.45, 2.75) is 13.8 Å². The van der Waals surface area contributed by atoms with Gasteiger partial charge in [0, 0.05) is 13.2 Å². The fraction of sp³-hybridized carbons (Fsp3) is 0.118. The Morgan fingerprint density at radius 3 is 0.543 bits per heavy atom. The van der Waals surface area contributed by atoms with E-state index < -0.39 is 0 Å². The maximum Gasteiger partial charge on any atom is 0.0437 e. The molecule has 0 fully saturated rings. The largest absolute Gasteiger partial charge is 0.382 e. The summed E-state index contributed by atoms with van der Waals surface area (Å²) < 4.78 is 4.83. The van der Waals surface area contributed by atoms with Gasteiger partial charge in [0.15, 0.2) is 0 Å². The highest BCUT2D eigenvalue weighted by Gasteiger charge is 2.07. The van der Waals surface area contributed by atoms with Gasteiger partial charge in [0.05, 0.1) is 0 Å². The molecule has 0 aliphatic heterocycles. The first-order valence-corrected chi connectivity index (χ1v) is 12.4. The zero-order valence-electron chi connectivity index (χ0n) is 20.4. The van der Waals surface area contributed by atoms with Crippen LogP contribution in [-0.2, 0) is 4.74 Å². The van der Waals surface area contributed by atoms with Crippen LogP contribution < -0.4 is 0 Å². The van der Waals surface area contributed by atoms with Crippen molar-refractivity contribution in [3.8, 4) is 0 Å². The molecule has 0 amide bonds. The van der Waals surface area contributed by atoms with E-state index in [-0.39, 0.29) is 0 Å². The Labute approximate surface area is 206 Å². The van der Waals surface area contributed by atoms with Gasteiger partial charge < -0.3 is 4.74 Å². The van der Waals surface area contributed by atoms with Crippen molar-refractivity contribution in [1.29, 1.82) is 0 Å². The smallest absolute Gasteiger partial charge is 0.0437 e. The SMILES string of the molecule is CCOCC.c1ccc2c(c1)c1ccccc1c1ccccc1c1ccccc1c1ccccc21. The molecule has 0 heterocycles. The fourth-order valence-electron chi connectivity index (χ4n) is 4.97. The standard InChI is InChI=1S/C30H20.C4H10O/c1-2-12-22-21(11-1)23-13-3-4-15-25(23)27-17-7-8-19-29(27)30-20-10-9-18-28(30)26-16-6-5-14-24(22)26;1-3-5-4-2/h1-20H;3-4H2,1-2H3. The number of ether oxygens (including phenoxy) is 1. The molecule has 6 aromatic carbocycles. The minimum absolute atomic E-state index is 0.844. The van der Waals surface area contributed by atoms with E-state index in [1.807, 2.05) is 13.8 Å². The van der Waals surface area contributed by atoms with Crippen molar-refractivity contribution in [3.63, 3.8) is 0 Å². The van der Waals surface area contributed by atoms with Crippen LogP contribution in [0.25, 0.3) is 53.9 Å². The predicted octanol–water partition coefficient (Wildman–Crippen LogP) is 9.62. The van der Waals surface area contributed by atoms with E-state index in [1.165, 1.54) is 53.9 Å². The topological polar surface area (TPSA) is 9.23 Å².